The number of fused-ring (bicyclic) bond motifs is 1. The van der Waals surface area contributed by atoms with Gasteiger partial charge in [0, 0.05) is 49.4 Å². The van der Waals surface area contributed by atoms with E-state index in [-0.39, 0.29) is 6.04 Å². The van der Waals surface area contributed by atoms with Crippen LogP contribution in [0.1, 0.15) is 5.56 Å². The molecule has 0 amide bonds. The Morgan fingerprint density at radius 2 is 1.91 bits per heavy atom. The van der Waals surface area contributed by atoms with E-state index in [2.05, 4.69) is 49.7 Å². The lowest BCUT2D eigenvalue weighted by molar-refractivity contribution is 0.0398. The van der Waals surface area contributed by atoms with Crippen molar-refractivity contribution in [2.45, 2.75) is 12.5 Å². The van der Waals surface area contributed by atoms with Crippen LogP contribution in [0.25, 0.3) is 22.0 Å². The summed E-state index contributed by atoms with van der Waals surface area (Å²) in [5.41, 5.74) is 10.5. The van der Waals surface area contributed by atoms with E-state index >= 15 is 0 Å². The summed E-state index contributed by atoms with van der Waals surface area (Å²) in [4.78, 5) is 6.80. The molecule has 0 spiro atoms. The highest BCUT2D eigenvalue weighted by Crippen LogP contribution is 2.29. The smallest absolute Gasteiger partial charge is 0.155 e. The second-order valence-electron chi connectivity index (χ2n) is 8.88. The van der Waals surface area contributed by atoms with Crippen molar-refractivity contribution in [1.29, 1.82) is 0 Å². The summed E-state index contributed by atoms with van der Waals surface area (Å²) in [6, 6.07) is 18.4. The molecule has 1 atom stereocenters. The Labute approximate surface area is 205 Å². The Balaban J connectivity index is 1.22. The van der Waals surface area contributed by atoms with Crippen molar-refractivity contribution in [3.05, 3.63) is 72.6 Å². The summed E-state index contributed by atoms with van der Waals surface area (Å²) in [6.07, 6.45) is 4.35. The fraction of sp³-hybridized carbons (Fsp3) is 0.333. The minimum absolute atomic E-state index is 0.0885. The van der Waals surface area contributed by atoms with Gasteiger partial charge in [-0.15, -0.1) is 0 Å². The van der Waals surface area contributed by atoms with Gasteiger partial charge in [-0.05, 0) is 35.7 Å². The lowest BCUT2D eigenvalue weighted by atomic mass is 10.1. The number of nitrogens with zero attached hydrogens (tertiary/aromatic N) is 3. The molecular weight excluding hydrogens is 440 g/mol. The van der Waals surface area contributed by atoms with Gasteiger partial charge in [0.15, 0.2) is 5.82 Å². The Morgan fingerprint density at radius 3 is 2.77 bits per heavy atom. The SMILES string of the molecule is N[C@@H](COc1cncc(-c2ccc3[nH]nc(NCCN4CCOCC4)c3c2)c1)Cc1ccccc1. The molecule has 4 N–H and O–H groups in total. The summed E-state index contributed by atoms with van der Waals surface area (Å²) in [6.45, 7) is 5.81. The van der Waals surface area contributed by atoms with E-state index < -0.39 is 0 Å². The second-order valence-corrected chi connectivity index (χ2v) is 8.88. The molecule has 0 saturated carbocycles. The van der Waals surface area contributed by atoms with Gasteiger partial charge in [-0.3, -0.25) is 15.0 Å². The molecule has 0 bridgehead atoms. The molecule has 0 aliphatic carbocycles. The van der Waals surface area contributed by atoms with E-state index in [4.69, 9.17) is 15.2 Å². The van der Waals surface area contributed by atoms with Crippen LogP contribution in [0, 0.1) is 0 Å². The number of anilines is 1. The van der Waals surface area contributed by atoms with E-state index in [9.17, 15) is 0 Å². The molecule has 8 nitrogen and oxygen atoms in total. The van der Waals surface area contributed by atoms with Gasteiger partial charge in [0.05, 0.1) is 24.9 Å². The zero-order valence-corrected chi connectivity index (χ0v) is 19.8. The van der Waals surface area contributed by atoms with E-state index in [0.29, 0.717) is 12.4 Å². The zero-order chi connectivity index (χ0) is 23.9. The van der Waals surface area contributed by atoms with E-state index in [1.165, 1.54) is 5.56 Å². The summed E-state index contributed by atoms with van der Waals surface area (Å²) in [5, 5.41) is 12.1. The van der Waals surface area contributed by atoms with Crippen molar-refractivity contribution >= 4 is 16.7 Å². The number of benzene rings is 2. The third-order valence-corrected chi connectivity index (χ3v) is 6.24. The van der Waals surface area contributed by atoms with Crippen molar-refractivity contribution in [3.63, 3.8) is 0 Å². The number of aromatic nitrogens is 3. The summed E-state index contributed by atoms with van der Waals surface area (Å²) < 4.78 is 11.4. The van der Waals surface area contributed by atoms with E-state index in [1.807, 2.05) is 36.5 Å². The van der Waals surface area contributed by atoms with Crippen LogP contribution in [0.15, 0.2) is 67.0 Å². The predicted molar refractivity (Wildman–Crippen MR) is 139 cm³/mol. The first-order chi connectivity index (χ1) is 17.2. The molecule has 1 saturated heterocycles. The van der Waals surface area contributed by atoms with Gasteiger partial charge in [0.2, 0.25) is 0 Å². The molecule has 0 unspecified atom stereocenters. The largest absolute Gasteiger partial charge is 0.490 e. The monoisotopic (exact) mass is 472 g/mol. The summed E-state index contributed by atoms with van der Waals surface area (Å²) in [7, 11) is 0. The summed E-state index contributed by atoms with van der Waals surface area (Å²) >= 11 is 0. The van der Waals surface area contributed by atoms with Gasteiger partial charge in [0.1, 0.15) is 12.4 Å². The van der Waals surface area contributed by atoms with Crippen LogP contribution in [0.5, 0.6) is 5.75 Å². The normalized spacial score (nSPS) is 15.2. The molecule has 3 heterocycles. The minimum Gasteiger partial charge on any atom is -0.490 e. The fourth-order valence-corrected chi connectivity index (χ4v) is 4.32. The van der Waals surface area contributed by atoms with Gasteiger partial charge in [-0.1, -0.05) is 36.4 Å². The number of ether oxygens (including phenoxy) is 2. The Hall–Kier alpha value is -3.46. The highest BCUT2D eigenvalue weighted by molar-refractivity contribution is 5.93. The number of hydrogen-bond acceptors (Lipinski definition) is 7. The number of morpholine rings is 1. The third-order valence-electron chi connectivity index (χ3n) is 6.24. The van der Waals surface area contributed by atoms with Crippen molar-refractivity contribution in [1.82, 2.24) is 20.1 Å². The topological polar surface area (TPSA) is 101 Å². The molecule has 8 heteroatoms. The average molecular weight is 473 g/mol. The predicted octanol–water partition coefficient (Wildman–Crippen LogP) is 3.32. The van der Waals surface area contributed by atoms with E-state index in [0.717, 1.165) is 73.7 Å². The van der Waals surface area contributed by atoms with Crippen LogP contribution in [0.4, 0.5) is 5.82 Å². The van der Waals surface area contributed by atoms with Crippen molar-refractivity contribution in [2.75, 3.05) is 51.3 Å². The Kier molecular flexibility index (Phi) is 7.53. The first-order valence-corrected chi connectivity index (χ1v) is 12.1. The molecule has 1 fully saturated rings. The second kappa shape index (κ2) is 11.3. The fourth-order valence-electron chi connectivity index (χ4n) is 4.32. The standard InChI is InChI=1S/C27H32N6O2/c28-23(14-20-4-2-1-3-5-20)19-35-24-15-22(17-29-18-24)21-6-7-26-25(16-21)27(32-31-26)30-8-9-33-10-12-34-13-11-33/h1-7,15-18,23H,8-14,19,28H2,(H2,30,31,32)/t23-/m1/s1. The molecule has 0 radical (unpaired) electrons. The number of rotatable bonds is 10. The first kappa shape index (κ1) is 23.3. The quantitative estimate of drug-likeness (QED) is 0.325. The van der Waals surface area contributed by atoms with Gasteiger partial charge in [0.25, 0.3) is 0 Å². The van der Waals surface area contributed by atoms with Crippen molar-refractivity contribution < 1.29 is 9.47 Å². The van der Waals surface area contributed by atoms with Crippen LogP contribution in [-0.2, 0) is 11.2 Å². The number of H-pyrrole nitrogens is 1. The molecule has 2 aromatic carbocycles. The zero-order valence-electron chi connectivity index (χ0n) is 19.8. The lowest BCUT2D eigenvalue weighted by Gasteiger charge is -2.26. The molecule has 1 aliphatic heterocycles. The highest BCUT2D eigenvalue weighted by Gasteiger charge is 2.12. The molecule has 4 aromatic rings. The average Bonchev–Trinajstić information content (AvgIpc) is 3.31. The lowest BCUT2D eigenvalue weighted by Crippen LogP contribution is -2.39. The number of nitrogens with two attached hydrogens (primary N) is 1. The maximum absolute atomic E-state index is 6.29. The number of aromatic amines is 1. The van der Waals surface area contributed by atoms with Gasteiger partial charge in [-0.2, -0.15) is 5.10 Å². The Bertz CT molecular complexity index is 1220. The molecule has 2 aromatic heterocycles. The molecule has 182 valence electrons. The number of hydrogen-bond donors (Lipinski definition) is 3. The van der Waals surface area contributed by atoms with Crippen LogP contribution in [-0.4, -0.2) is 72.1 Å². The number of nitrogens with one attached hydrogen (secondary N) is 2. The minimum atomic E-state index is -0.0885. The molecule has 5 rings (SSSR count). The van der Waals surface area contributed by atoms with Crippen LogP contribution < -0.4 is 15.8 Å². The van der Waals surface area contributed by atoms with Gasteiger partial charge < -0.3 is 20.5 Å². The van der Waals surface area contributed by atoms with E-state index in [1.54, 1.807) is 6.20 Å². The van der Waals surface area contributed by atoms with Crippen LogP contribution in [0.2, 0.25) is 0 Å². The number of pyridine rings is 1. The maximum Gasteiger partial charge on any atom is 0.155 e. The highest BCUT2D eigenvalue weighted by atomic mass is 16.5. The molecular formula is C27H32N6O2. The first-order valence-electron chi connectivity index (χ1n) is 12.1. The molecule has 1 aliphatic rings. The van der Waals surface area contributed by atoms with Gasteiger partial charge >= 0.3 is 0 Å². The molecule has 35 heavy (non-hydrogen) atoms. The third kappa shape index (κ3) is 6.16. The Morgan fingerprint density at radius 1 is 1.06 bits per heavy atom. The van der Waals surface area contributed by atoms with Crippen LogP contribution >= 0.6 is 0 Å². The van der Waals surface area contributed by atoms with Crippen molar-refractivity contribution in [2.24, 2.45) is 5.73 Å². The van der Waals surface area contributed by atoms with Crippen molar-refractivity contribution in [3.8, 4) is 16.9 Å². The maximum atomic E-state index is 6.29. The van der Waals surface area contributed by atoms with Gasteiger partial charge in [-0.25, -0.2) is 0 Å². The summed E-state index contributed by atoms with van der Waals surface area (Å²) in [5.74, 6) is 1.57. The van der Waals surface area contributed by atoms with Crippen LogP contribution in [0.3, 0.4) is 0 Å².